The second-order valence-corrected chi connectivity index (χ2v) is 9.20. The van der Waals surface area contributed by atoms with Crippen molar-refractivity contribution in [2.24, 2.45) is 5.92 Å². The van der Waals surface area contributed by atoms with Crippen molar-refractivity contribution in [1.29, 1.82) is 0 Å². The minimum atomic E-state index is -0.536. The van der Waals surface area contributed by atoms with Crippen LogP contribution < -0.4 is 4.90 Å². The van der Waals surface area contributed by atoms with Crippen molar-refractivity contribution in [3.8, 4) is 0 Å². The van der Waals surface area contributed by atoms with Gasteiger partial charge >= 0.3 is 6.09 Å². The van der Waals surface area contributed by atoms with Crippen LogP contribution in [0.1, 0.15) is 34.1 Å². The first kappa shape index (κ1) is 20.5. The van der Waals surface area contributed by atoms with Gasteiger partial charge in [0.1, 0.15) is 5.60 Å². The highest BCUT2D eigenvalue weighted by Crippen LogP contribution is 2.28. The molecule has 8 nitrogen and oxygen atoms in total. The second-order valence-electron chi connectivity index (χ2n) is 9.20. The topological polar surface area (TPSA) is 81.8 Å². The van der Waals surface area contributed by atoms with Gasteiger partial charge in [0, 0.05) is 38.8 Å². The number of hydrogen-bond acceptors (Lipinski definition) is 5. The maximum absolute atomic E-state index is 13.2. The predicted octanol–water partition coefficient (Wildman–Crippen LogP) is 2.86. The van der Waals surface area contributed by atoms with E-state index in [4.69, 9.17) is 4.74 Å². The number of nitrogens with zero attached hydrogens (tertiary/aromatic N) is 4. The Labute approximate surface area is 177 Å². The second kappa shape index (κ2) is 7.81. The average Bonchev–Trinajstić information content (AvgIpc) is 3.30. The number of carbonyl (C=O) groups excluding carboxylic acids is 2. The van der Waals surface area contributed by atoms with Gasteiger partial charge in [0.25, 0.3) is 0 Å². The van der Waals surface area contributed by atoms with Gasteiger partial charge < -0.3 is 24.4 Å². The fourth-order valence-electron chi connectivity index (χ4n) is 4.31. The number of hydrogen-bond donors (Lipinski definition) is 1. The number of para-hydroxylation sites is 2. The molecule has 1 aromatic carbocycles. The molecule has 8 heteroatoms. The number of fused-ring (bicyclic) bond motifs is 1. The third-order valence-corrected chi connectivity index (χ3v) is 5.97. The van der Waals surface area contributed by atoms with Gasteiger partial charge in [0.05, 0.1) is 17.0 Å². The van der Waals surface area contributed by atoms with Crippen LogP contribution in [-0.2, 0) is 9.53 Å². The standard InChI is InChI=1S/C22H31N5O3/c1-15-16(9-10-27(15)21(29)30-22(2,3)4)19(28)25-11-13-26(14-12-25)20-23-17-7-5-6-8-18(17)24-20/h5-8,15-16H,9-14H2,1-4H3,(H,23,24)/t15-,16+/m0/s1. The molecule has 1 aromatic heterocycles. The molecular weight excluding hydrogens is 382 g/mol. The van der Waals surface area contributed by atoms with Gasteiger partial charge in [-0.2, -0.15) is 0 Å². The first-order valence-electron chi connectivity index (χ1n) is 10.7. The Kier molecular flexibility index (Phi) is 5.34. The van der Waals surface area contributed by atoms with E-state index in [0.717, 1.165) is 30.1 Å². The van der Waals surface area contributed by atoms with Crippen molar-refractivity contribution in [2.45, 2.75) is 45.8 Å². The zero-order chi connectivity index (χ0) is 21.5. The van der Waals surface area contributed by atoms with E-state index in [1.807, 2.05) is 56.9 Å². The molecule has 2 aliphatic rings. The van der Waals surface area contributed by atoms with E-state index in [-0.39, 0.29) is 24.0 Å². The third-order valence-electron chi connectivity index (χ3n) is 5.97. The van der Waals surface area contributed by atoms with Crippen molar-refractivity contribution in [1.82, 2.24) is 19.8 Å². The number of H-pyrrole nitrogens is 1. The van der Waals surface area contributed by atoms with E-state index < -0.39 is 5.60 Å². The Balaban J connectivity index is 1.34. The van der Waals surface area contributed by atoms with Gasteiger partial charge in [-0.3, -0.25) is 4.79 Å². The van der Waals surface area contributed by atoms with Gasteiger partial charge in [0.15, 0.2) is 0 Å². The lowest BCUT2D eigenvalue weighted by Gasteiger charge is -2.36. The van der Waals surface area contributed by atoms with E-state index in [1.54, 1.807) is 4.90 Å². The Morgan fingerprint density at radius 1 is 1.10 bits per heavy atom. The molecule has 1 N–H and O–H groups in total. The summed E-state index contributed by atoms with van der Waals surface area (Å²) in [4.78, 5) is 39.4. The molecule has 3 heterocycles. The largest absolute Gasteiger partial charge is 0.444 e. The lowest BCUT2D eigenvalue weighted by molar-refractivity contribution is -0.136. The van der Waals surface area contributed by atoms with Gasteiger partial charge in [-0.05, 0) is 46.2 Å². The number of benzene rings is 1. The summed E-state index contributed by atoms with van der Waals surface area (Å²) in [5.74, 6) is 0.821. The number of amides is 2. The number of ether oxygens (including phenoxy) is 1. The molecule has 2 aromatic rings. The molecule has 2 atom stereocenters. The number of rotatable bonds is 2. The van der Waals surface area contributed by atoms with Crippen molar-refractivity contribution < 1.29 is 14.3 Å². The highest BCUT2D eigenvalue weighted by Gasteiger charge is 2.41. The van der Waals surface area contributed by atoms with E-state index in [9.17, 15) is 9.59 Å². The third kappa shape index (κ3) is 4.08. The summed E-state index contributed by atoms with van der Waals surface area (Å²) in [6, 6.07) is 7.83. The summed E-state index contributed by atoms with van der Waals surface area (Å²) in [6.07, 6.45) is 0.350. The Morgan fingerprint density at radius 3 is 2.47 bits per heavy atom. The molecule has 2 amide bonds. The van der Waals surface area contributed by atoms with E-state index in [1.165, 1.54) is 0 Å². The normalized spacial score (nSPS) is 22.6. The number of carbonyl (C=O) groups is 2. The average molecular weight is 414 g/mol. The molecule has 0 aliphatic carbocycles. The fourth-order valence-corrected chi connectivity index (χ4v) is 4.31. The van der Waals surface area contributed by atoms with Crippen molar-refractivity contribution in [2.75, 3.05) is 37.6 Å². The van der Waals surface area contributed by atoms with Gasteiger partial charge in [-0.1, -0.05) is 12.1 Å². The maximum Gasteiger partial charge on any atom is 0.410 e. The van der Waals surface area contributed by atoms with Crippen molar-refractivity contribution >= 4 is 29.0 Å². The number of aromatic nitrogens is 2. The maximum atomic E-state index is 13.2. The summed E-state index contributed by atoms with van der Waals surface area (Å²) in [7, 11) is 0. The molecular formula is C22H31N5O3. The monoisotopic (exact) mass is 413 g/mol. The van der Waals surface area contributed by atoms with Crippen LogP contribution in [0.4, 0.5) is 10.7 Å². The summed E-state index contributed by atoms with van der Waals surface area (Å²) in [5.41, 5.74) is 1.44. The van der Waals surface area contributed by atoms with Crippen LogP contribution in [0.3, 0.4) is 0 Å². The fraction of sp³-hybridized carbons (Fsp3) is 0.591. The zero-order valence-corrected chi connectivity index (χ0v) is 18.2. The van der Waals surface area contributed by atoms with E-state index in [2.05, 4.69) is 14.9 Å². The number of likely N-dealkylation sites (tertiary alicyclic amines) is 1. The Hall–Kier alpha value is -2.77. The molecule has 30 heavy (non-hydrogen) atoms. The molecule has 0 radical (unpaired) electrons. The smallest absolute Gasteiger partial charge is 0.410 e. The molecule has 0 spiro atoms. The molecule has 4 rings (SSSR count). The molecule has 2 aliphatic heterocycles. The molecule has 2 saturated heterocycles. The number of anilines is 1. The van der Waals surface area contributed by atoms with E-state index >= 15 is 0 Å². The van der Waals surface area contributed by atoms with E-state index in [0.29, 0.717) is 26.1 Å². The first-order valence-corrected chi connectivity index (χ1v) is 10.7. The molecule has 0 bridgehead atoms. The highest BCUT2D eigenvalue weighted by molar-refractivity contribution is 5.82. The molecule has 0 unspecified atom stereocenters. The van der Waals surface area contributed by atoms with Crippen molar-refractivity contribution in [3.63, 3.8) is 0 Å². The highest BCUT2D eigenvalue weighted by atomic mass is 16.6. The molecule has 0 saturated carbocycles. The van der Waals surface area contributed by atoms with Gasteiger partial charge in [-0.15, -0.1) is 0 Å². The van der Waals surface area contributed by atoms with Crippen LogP contribution in [-0.4, -0.2) is 76.1 Å². The summed E-state index contributed by atoms with van der Waals surface area (Å²) in [5, 5.41) is 0. The van der Waals surface area contributed by atoms with Crippen LogP contribution in [0.25, 0.3) is 11.0 Å². The summed E-state index contributed by atoms with van der Waals surface area (Å²) < 4.78 is 5.50. The van der Waals surface area contributed by atoms with Crippen LogP contribution in [0.15, 0.2) is 24.3 Å². The van der Waals surface area contributed by atoms with Crippen LogP contribution >= 0.6 is 0 Å². The summed E-state index contributed by atoms with van der Waals surface area (Å²) >= 11 is 0. The summed E-state index contributed by atoms with van der Waals surface area (Å²) in [6.45, 7) is 10.9. The Morgan fingerprint density at radius 2 is 1.80 bits per heavy atom. The Bertz CT molecular complexity index is 893. The quantitative estimate of drug-likeness (QED) is 0.819. The minimum absolute atomic E-state index is 0.137. The van der Waals surface area contributed by atoms with Crippen LogP contribution in [0, 0.1) is 5.92 Å². The molecule has 2 fully saturated rings. The molecule has 162 valence electrons. The number of aromatic amines is 1. The number of nitrogens with one attached hydrogen (secondary N) is 1. The predicted molar refractivity (Wildman–Crippen MR) is 115 cm³/mol. The number of imidazole rings is 1. The first-order chi connectivity index (χ1) is 14.2. The van der Waals surface area contributed by atoms with Gasteiger partial charge in [0.2, 0.25) is 11.9 Å². The van der Waals surface area contributed by atoms with Crippen molar-refractivity contribution in [3.05, 3.63) is 24.3 Å². The van der Waals surface area contributed by atoms with Crippen LogP contribution in [0.5, 0.6) is 0 Å². The minimum Gasteiger partial charge on any atom is -0.444 e. The number of piperazine rings is 1. The SMILES string of the molecule is C[C@H]1[C@H](C(=O)N2CCN(c3nc4ccccc4[nH]3)CC2)CCN1C(=O)OC(C)(C)C. The van der Waals surface area contributed by atoms with Crippen LogP contribution in [0.2, 0.25) is 0 Å². The zero-order valence-electron chi connectivity index (χ0n) is 18.2. The van der Waals surface area contributed by atoms with Gasteiger partial charge in [-0.25, -0.2) is 9.78 Å². The lowest BCUT2D eigenvalue weighted by atomic mass is 9.99. The lowest BCUT2D eigenvalue weighted by Crippen LogP contribution is -2.52.